The Bertz CT molecular complexity index is 659. The van der Waals surface area contributed by atoms with Gasteiger partial charge in [0.25, 0.3) is 0 Å². The first-order valence-corrected chi connectivity index (χ1v) is 7.57. The molecule has 21 heavy (non-hydrogen) atoms. The molecule has 0 spiro atoms. The Hall–Kier alpha value is -1.96. The summed E-state index contributed by atoms with van der Waals surface area (Å²) in [6, 6.07) is 6.51. The molecule has 1 aromatic carbocycles. The van der Waals surface area contributed by atoms with Crippen molar-refractivity contribution in [2.45, 2.75) is 39.0 Å². The Morgan fingerprint density at radius 1 is 1.33 bits per heavy atom. The molecular formula is C19H26N2. The van der Waals surface area contributed by atoms with Crippen LogP contribution in [-0.2, 0) is 5.41 Å². The number of fused-ring (bicyclic) bond motifs is 1. The quantitative estimate of drug-likeness (QED) is 0.682. The van der Waals surface area contributed by atoms with Gasteiger partial charge in [-0.1, -0.05) is 30.7 Å². The first kappa shape index (κ1) is 15.4. The number of hydrogen-bond acceptors (Lipinski definition) is 1. The first-order valence-electron chi connectivity index (χ1n) is 7.57. The van der Waals surface area contributed by atoms with Gasteiger partial charge in [0, 0.05) is 29.7 Å². The highest BCUT2D eigenvalue weighted by atomic mass is 14.8. The molecule has 0 aliphatic carbocycles. The molecule has 0 fully saturated rings. The van der Waals surface area contributed by atoms with Crippen molar-refractivity contribution in [2.75, 3.05) is 12.4 Å². The molecule has 1 atom stereocenters. The molecule has 0 bridgehead atoms. The molecule has 0 aliphatic heterocycles. The van der Waals surface area contributed by atoms with Gasteiger partial charge in [-0.3, -0.25) is 0 Å². The zero-order chi connectivity index (χ0) is 15.5. The molecule has 0 saturated carbocycles. The third-order valence-electron chi connectivity index (χ3n) is 4.27. The van der Waals surface area contributed by atoms with Crippen molar-refractivity contribution in [1.82, 2.24) is 4.98 Å². The fraction of sp³-hybridized carbons (Fsp3) is 0.368. The lowest BCUT2D eigenvalue weighted by molar-refractivity contribution is 0.550. The van der Waals surface area contributed by atoms with Gasteiger partial charge < -0.3 is 10.3 Å². The van der Waals surface area contributed by atoms with Gasteiger partial charge in [0.2, 0.25) is 0 Å². The Balaban J connectivity index is 2.45. The molecule has 1 aromatic heterocycles. The molecule has 2 nitrogen and oxygen atoms in total. The second-order valence-electron chi connectivity index (χ2n) is 6.12. The number of aromatic nitrogens is 1. The highest BCUT2D eigenvalue weighted by Gasteiger charge is 2.25. The maximum Gasteiger partial charge on any atom is 0.0516 e. The van der Waals surface area contributed by atoms with Crippen molar-refractivity contribution in [3.63, 3.8) is 0 Å². The summed E-state index contributed by atoms with van der Waals surface area (Å²) in [5.74, 6) is 0. The molecular weight excluding hydrogens is 256 g/mol. The van der Waals surface area contributed by atoms with Gasteiger partial charge in [-0.15, -0.1) is 6.58 Å². The number of H-pyrrole nitrogens is 1. The van der Waals surface area contributed by atoms with E-state index in [0.717, 1.165) is 18.5 Å². The zero-order valence-corrected chi connectivity index (χ0v) is 13.6. The summed E-state index contributed by atoms with van der Waals surface area (Å²) in [5, 5.41) is 4.50. The SMILES string of the molecule is C=CC(C)(CCC=C(C)C)c1ccc(NC)c2cc[nH]c12. The van der Waals surface area contributed by atoms with Crippen LogP contribution in [0.25, 0.3) is 10.9 Å². The number of aromatic amines is 1. The van der Waals surface area contributed by atoms with E-state index in [0.29, 0.717) is 0 Å². The summed E-state index contributed by atoms with van der Waals surface area (Å²) in [5.41, 5.74) is 5.03. The Morgan fingerprint density at radius 2 is 2.10 bits per heavy atom. The van der Waals surface area contributed by atoms with Crippen molar-refractivity contribution >= 4 is 16.6 Å². The zero-order valence-electron chi connectivity index (χ0n) is 13.6. The van der Waals surface area contributed by atoms with Gasteiger partial charge in [-0.05, 0) is 44.4 Å². The van der Waals surface area contributed by atoms with E-state index in [1.165, 1.54) is 22.0 Å². The van der Waals surface area contributed by atoms with Crippen LogP contribution in [0.4, 0.5) is 5.69 Å². The van der Waals surface area contributed by atoms with E-state index in [1.807, 2.05) is 13.2 Å². The maximum atomic E-state index is 4.09. The third kappa shape index (κ3) is 3.05. The van der Waals surface area contributed by atoms with Gasteiger partial charge in [0.1, 0.15) is 0 Å². The van der Waals surface area contributed by atoms with Gasteiger partial charge in [0.15, 0.2) is 0 Å². The van der Waals surface area contributed by atoms with Crippen LogP contribution >= 0.6 is 0 Å². The average Bonchev–Trinajstić information content (AvgIpc) is 2.94. The normalized spacial score (nSPS) is 13.7. The third-order valence-corrected chi connectivity index (χ3v) is 4.27. The lowest BCUT2D eigenvalue weighted by Crippen LogP contribution is -2.19. The van der Waals surface area contributed by atoms with Crippen molar-refractivity contribution in [3.8, 4) is 0 Å². The molecule has 0 radical (unpaired) electrons. The Kier molecular flexibility index (Phi) is 4.56. The molecule has 2 aromatic rings. The van der Waals surface area contributed by atoms with Gasteiger partial charge in [0.05, 0.1) is 5.52 Å². The van der Waals surface area contributed by atoms with Crippen LogP contribution in [0.15, 0.2) is 48.7 Å². The monoisotopic (exact) mass is 282 g/mol. The van der Waals surface area contributed by atoms with Crippen LogP contribution in [0.1, 0.15) is 39.2 Å². The second-order valence-corrected chi connectivity index (χ2v) is 6.12. The highest BCUT2D eigenvalue weighted by molar-refractivity contribution is 5.94. The molecule has 2 rings (SSSR count). The highest BCUT2D eigenvalue weighted by Crippen LogP contribution is 2.37. The summed E-state index contributed by atoms with van der Waals surface area (Å²) in [6.45, 7) is 10.7. The lowest BCUT2D eigenvalue weighted by Gasteiger charge is -2.27. The van der Waals surface area contributed by atoms with Gasteiger partial charge >= 0.3 is 0 Å². The fourth-order valence-corrected chi connectivity index (χ4v) is 2.86. The Morgan fingerprint density at radius 3 is 2.71 bits per heavy atom. The summed E-state index contributed by atoms with van der Waals surface area (Å²) in [6.07, 6.45) is 8.53. The first-order chi connectivity index (χ1) is 10.0. The summed E-state index contributed by atoms with van der Waals surface area (Å²) >= 11 is 0. The van der Waals surface area contributed by atoms with E-state index in [2.05, 4.69) is 68.0 Å². The second kappa shape index (κ2) is 6.21. The smallest absolute Gasteiger partial charge is 0.0516 e. The minimum Gasteiger partial charge on any atom is -0.388 e. The van der Waals surface area contributed by atoms with Crippen molar-refractivity contribution in [3.05, 3.63) is 54.3 Å². The van der Waals surface area contributed by atoms with Crippen LogP contribution in [0.5, 0.6) is 0 Å². The standard InChI is InChI=1S/C19H26N2/c1-6-19(4,12-7-8-14(2)3)16-9-10-17(20-5)15-11-13-21-18(15)16/h6,8-11,13,20-21H,1,7,12H2,2-5H3. The van der Waals surface area contributed by atoms with E-state index in [1.54, 1.807) is 0 Å². The molecule has 0 aliphatic rings. The van der Waals surface area contributed by atoms with E-state index < -0.39 is 0 Å². The van der Waals surface area contributed by atoms with Gasteiger partial charge in [-0.25, -0.2) is 0 Å². The predicted molar refractivity (Wildman–Crippen MR) is 94.1 cm³/mol. The molecule has 112 valence electrons. The van der Waals surface area contributed by atoms with Crippen LogP contribution in [0.2, 0.25) is 0 Å². The largest absolute Gasteiger partial charge is 0.388 e. The maximum absolute atomic E-state index is 4.09. The van der Waals surface area contributed by atoms with Crippen LogP contribution < -0.4 is 5.32 Å². The Labute approximate surface area is 128 Å². The fourth-order valence-electron chi connectivity index (χ4n) is 2.86. The number of anilines is 1. The van der Waals surface area contributed by atoms with Crippen molar-refractivity contribution in [1.29, 1.82) is 0 Å². The van der Waals surface area contributed by atoms with Gasteiger partial charge in [-0.2, -0.15) is 0 Å². The number of allylic oxidation sites excluding steroid dienone is 3. The molecule has 0 saturated heterocycles. The predicted octanol–water partition coefficient (Wildman–Crippen LogP) is 5.40. The van der Waals surface area contributed by atoms with Crippen LogP contribution in [-0.4, -0.2) is 12.0 Å². The number of hydrogen-bond donors (Lipinski definition) is 2. The minimum atomic E-state index is -0.0265. The van der Waals surface area contributed by atoms with Crippen molar-refractivity contribution < 1.29 is 0 Å². The molecule has 1 heterocycles. The topological polar surface area (TPSA) is 27.8 Å². The summed E-state index contributed by atoms with van der Waals surface area (Å²) in [4.78, 5) is 3.40. The van der Waals surface area contributed by atoms with Crippen LogP contribution in [0, 0.1) is 0 Å². The average molecular weight is 282 g/mol. The van der Waals surface area contributed by atoms with Crippen molar-refractivity contribution in [2.24, 2.45) is 0 Å². The number of benzene rings is 1. The molecule has 2 heteroatoms. The number of nitrogens with one attached hydrogen (secondary N) is 2. The summed E-state index contributed by atoms with van der Waals surface area (Å²) < 4.78 is 0. The van der Waals surface area contributed by atoms with Crippen LogP contribution in [0.3, 0.4) is 0 Å². The number of rotatable bonds is 6. The molecule has 2 N–H and O–H groups in total. The molecule has 1 unspecified atom stereocenters. The van der Waals surface area contributed by atoms with E-state index in [9.17, 15) is 0 Å². The van der Waals surface area contributed by atoms with E-state index >= 15 is 0 Å². The van der Waals surface area contributed by atoms with E-state index in [-0.39, 0.29) is 5.41 Å². The minimum absolute atomic E-state index is 0.0265. The molecule has 0 amide bonds. The van der Waals surface area contributed by atoms with E-state index in [4.69, 9.17) is 0 Å². The summed E-state index contributed by atoms with van der Waals surface area (Å²) in [7, 11) is 1.96. The lowest BCUT2D eigenvalue weighted by atomic mass is 9.77.